The second-order valence-corrected chi connectivity index (χ2v) is 6.09. The Morgan fingerprint density at radius 1 is 1.09 bits per heavy atom. The van der Waals surface area contributed by atoms with Gasteiger partial charge in [-0.05, 0) is 50.6 Å². The van der Waals surface area contributed by atoms with Crippen molar-refractivity contribution in [3.63, 3.8) is 0 Å². The van der Waals surface area contributed by atoms with Crippen molar-refractivity contribution >= 4 is 0 Å². The van der Waals surface area contributed by atoms with E-state index in [4.69, 9.17) is 9.15 Å². The van der Waals surface area contributed by atoms with Gasteiger partial charge in [-0.25, -0.2) is 0 Å². The lowest BCUT2D eigenvalue weighted by atomic mass is 9.92. The number of furan rings is 1. The first-order chi connectivity index (χ1) is 10.8. The largest absolute Gasteiger partial charge is 0.469 e. The molecule has 1 atom stereocenters. The first kappa shape index (κ1) is 15.3. The number of ether oxygens (including phenoxy) is 1. The predicted molar refractivity (Wildman–Crippen MR) is 88.1 cm³/mol. The Balaban J connectivity index is 1.66. The number of nitrogens with zero attached hydrogens (tertiary/aromatic N) is 1. The normalized spacial score (nSPS) is 17.7. The van der Waals surface area contributed by atoms with Gasteiger partial charge in [0.1, 0.15) is 5.76 Å². The molecule has 0 amide bonds. The van der Waals surface area contributed by atoms with Crippen molar-refractivity contribution in [2.75, 3.05) is 26.8 Å². The van der Waals surface area contributed by atoms with Gasteiger partial charge in [0.15, 0.2) is 0 Å². The summed E-state index contributed by atoms with van der Waals surface area (Å²) in [6, 6.07) is 15.4. The topological polar surface area (TPSA) is 25.6 Å². The van der Waals surface area contributed by atoms with Crippen LogP contribution in [0.3, 0.4) is 0 Å². The molecule has 0 aliphatic carbocycles. The molecule has 0 N–H and O–H groups in total. The van der Waals surface area contributed by atoms with Gasteiger partial charge in [0.25, 0.3) is 0 Å². The predicted octanol–water partition coefficient (Wildman–Crippen LogP) is 3.91. The van der Waals surface area contributed by atoms with Crippen molar-refractivity contribution in [3.8, 4) is 0 Å². The van der Waals surface area contributed by atoms with Gasteiger partial charge in [0.2, 0.25) is 0 Å². The highest BCUT2D eigenvalue weighted by atomic mass is 16.5. The third-order valence-electron chi connectivity index (χ3n) is 4.67. The van der Waals surface area contributed by atoms with Crippen molar-refractivity contribution < 1.29 is 9.15 Å². The Morgan fingerprint density at radius 2 is 1.86 bits per heavy atom. The lowest BCUT2D eigenvalue weighted by molar-refractivity contribution is 0.0423. The summed E-state index contributed by atoms with van der Waals surface area (Å²) < 4.78 is 11.2. The van der Waals surface area contributed by atoms with E-state index >= 15 is 0 Å². The molecule has 0 bridgehead atoms. The zero-order valence-electron chi connectivity index (χ0n) is 13.3. The van der Waals surface area contributed by atoms with Gasteiger partial charge in [0.05, 0.1) is 6.26 Å². The fraction of sp³-hybridized carbons (Fsp3) is 0.474. The Bertz CT molecular complexity index is 532. The van der Waals surface area contributed by atoms with Gasteiger partial charge in [-0.15, -0.1) is 0 Å². The molecule has 3 heteroatoms. The van der Waals surface area contributed by atoms with Gasteiger partial charge < -0.3 is 14.1 Å². The van der Waals surface area contributed by atoms with E-state index in [0.29, 0.717) is 12.0 Å². The Morgan fingerprint density at radius 3 is 2.55 bits per heavy atom. The van der Waals surface area contributed by atoms with Crippen LogP contribution in [0, 0.1) is 0 Å². The van der Waals surface area contributed by atoms with Crippen molar-refractivity contribution in [1.29, 1.82) is 0 Å². The number of rotatable bonds is 6. The maximum Gasteiger partial charge on any atom is 0.111 e. The molecule has 1 aromatic heterocycles. The molecule has 0 saturated carbocycles. The second-order valence-electron chi connectivity index (χ2n) is 6.09. The fourth-order valence-electron chi connectivity index (χ4n) is 3.29. The third kappa shape index (κ3) is 3.79. The molecule has 2 heterocycles. The molecular weight excluding hydrogens is 274 g/mol. The highest BCUT2D eigenvalue weighted by Gasteiger charge is 2.21. The quantitative estimate of drug-likeness (QED) is 0.808. The van der Waals surface area contributed by atoms with Crippen LogP contribution in [0.25, 0.3) is 0 Å². The molecule has 0 spiro atoms. The molecule has 3 nitrogen and oxygen atoms in total. The standard InChI is InChI=1S/C19H25NO2/c1-20(17-10-14-21-15-11-17)12-9-18(19-8-5-13-22-19)16-6-3-2-4-7-16/h2-8,13,17-18H,9-12,14-15H2,1H3/t18-/m0/s1. The maximum atomic E-state index is 5.69. The molecule has 0 unspecified atom stereocenters. The van der Waals surface area contributed by atoms with E-state index in [-0.39, 0.29) is 0 Å². The summed E-state index contributed by atoms with van der Waals surface area (Å²) in [5.41, 5.74) is 1.33. The summed E-state index contributed by atoms with van der Waals surface area (Å²) >= 11 is 0. The molecule has 1 aliphatic rings. The van der Waals surface area contributed by atoms with Crippen LogP contribution in [0.2, 0.25) is 0 Å². The molecule has 118 valence electrons. The first-order valence-electron chi connectivity index (χ1n) is 8.21. The summed E-state index contributed by atoms with van der Waals surface area (Å²) in [7, 11) is 2.24. The minimum absolute atomic E-state index is 0.332. The summed E-state index contributed by atoms with van der Waals surface area (Å²) in [5.74, 6) is 1.39. The second kappa shape index (κ2) is 7.61. The van der Waals surface area contributed by atoms with Crippen LogP contribution in [-0.2, 0) is 4.74 Å². The highest BCUT2D eigenvalue weighted by Crippen LogP contribution is 2.29. The Kier molecular flexibility index (Phi) is 5.30. The van der Waals surface area contributed by atoms with E-state index in [1.807, 2.05) is 6.07 Å². The Labute approximate surface area is 132 Å². The van der Waals surface area contributed by atoms with Crippen molar-refractivity contribution in [3.05, 3.63) is 60.1 Å². The smallest absolute Gasteiger partial charge is 0.111 e. The Hall–Kier alpha value is -1.58. The van der Waals surface area contributed by atoms with Crippen LogP contribution in [0.4, 0.5) is 0 Å². The molecule has 1 fully saturated rings. The van der Waals surface area contributed by atoms with E-state index in [9.17, 15) is 0 Å². The van der Waals surface area contributed by atoms with E-state index in [1.165, 1.54) is 5.56 Å². The minimum atomic E-state index is 0.332. The van der Waals surface area contributed by atoms with Crippen molar-refractivity contribution in [2.45, 2.75) is 31.2 Å². The van der Waals surface area contributed by atoms with Crippen LogP contribution in [-0.4, -0.2) is 37.7 Å². The summed E-state index contributed by atoms with van der Waals surface area (Å²) in [5, 5.41) is 0. The van der Waals surface area contributed by atoms with Crippen LogP contribution in [0.5, 0.6) is 0 Å². The summed E-state index contributed by atoms with van der Waals surface area (Å²) in [6.07, 6.45) is 5.14. The first-order valence-corrected chi connectivity index (χ1v) is 8.21. The van der Waals surface area contributed by atoms with Crippen LogP contribution in [0.1, 0.15) is 36.5 Å². The molecule has 1 aromatic carbocycles. The molecule has 2 aromatic rings. The van der Waals surface area contributed by atoms with Gasteiger partial charge in [-0.1, -0.05) is 30.3 Å². The van der Waals surface area contributed by atoms with Gasteiger partial charge in [-0.3, -0.25) is 0 Å². The van der Waals surface area contributed by atoms with Crippen LogP contribution >= 0.6 is 0 Å². The van der Waals surface area contributed by atoms with Gasteiger partial charge >= 0.3 is 0 Å². The fourth-order valence-corrected chi connectivity index (χ4v) is 3.29. The lowest BCUT2D eigenvalue weighted by Crippen LogP contribution is -2.37. The SMILES string of the molecule is CN(CC[C@@H](c1ccccc1)c1ccco1)C1CCOCC1. The van der Waals surface area contributed by atoms with Crippen molar-refractivity contribution in [1.82, 2.24) is 4.90 Å². The van der Waals surface area contributed by atoms with Crippen LogP contribution in [0.15, 0.2) is 53.1 Å². The zero-order valence-corrected chi connectivity index (χ0v) is 13.3. The molecule has 1 aliphatic heterocycles. The van der Waals surface area contributed by atoms with Crippen LogP contribution < -0.4 is 0 Å². The molecule has 0 radical (unpaired) electrons. The third-order valence-corrected chi connectivity index (χ3v) is 4.67. The molecular formula is C19H25NO2. The van der Waals surface area contributed by atoms with Gasteiger partial charge in [-0.2, -0.15) is 0 Å². The zero-order chi connectivity index (χ0) is 15.2. The van der Waals surface area contributed by atoms with Gasteiger partial charge in [0, 0.05) is 25.2 Å². The average molecular weight is 299 g/mol. The number of benzene rings is 1. The molecule has 3 rings (SSSR count). The number of hydrogen-bond donors (Lipinski definition) is 0. The van der Waals surface area contributed by atoms with E-state index < -0.39 is 0 Å². The molecule has 1 saturated heterocycles. The highest BCUT2D eigenvalue weighted by molar-refractivity contribution is 5.27. The lowest BCUT2D eigenvalue weighted by Gasteiger charge is -2.32. The average Bonchev–Trinajstić information content (AvgIpc) is 3.11. The summed E-state index contributed by atoms with van der Waals surface area (Å²) in [4.78, 5) is 2.49. The van der Waals surface area contributed by atoms with E-state index in [0.717, 1.165) is 44.8 Å². The van der Waals surface area contributed by atoms with Crippen molar-refractivity contribution in [2.24, 2.45) is 0 Å². The maximum absolute atomic E-state index is 5.69. The minimum Gasteiger partial charge on any atom is -0.469 e. The monoisotopic (exact) mass is 299 g/mol. The molecule has 22 heavy (non-hydrogen) atoms. The van der Waals surface area contributed by atoms with E-state index in [2.05, 4.69) is 48.3 Å². The number of hydrogen-bond acceptors (Lipinski definition) is 3. The summed E-state index contributed by atoms with van der Waals surface area (Å²) in [6.45, 7) is 2.87. The van der Waals surface area contributed by atoms with E-state index in [1.54, 1.807) is 6.26 Å².